The number of nitrogens with zero attached hydrogens (tertiary/aromatic N) is 3. The van der Waals surface area contributed by atoms with Crippen LogP contribution in [0.2, 0.25) is 0 Å². The maximum absolute atomic E-state index is 12.2. The van der Waals surface area contributed by atoms with Gasteiger partial charge < -0.3 is 0 Å². The molecule has 0 unspecified atom stereocenters. The highest BCUT2D eigenvalue weighted by Gasteiger charge is 2.17. The summed E-state index contributed by atoms with van der Waals surface area (Å²) in [4.78, 5) is 30.4. The van der Waals surface area contributed by atoms with Crippen molar-refractivity contribution in [3.05, 3.63) is 56.2 Å². The van der Waals surface area contributed by atoms with Gasteiger partial charge in [-0.2, -0.15) is 4.98 Å². The third kappa shape index (κ3) is 2.09. The van der Waals surface area contributed by atoms with E-state index in [0.717, 1.165) is 11.1 Å². The van der Waals surface area contributed by atoms with Gasteiger partial charge in [0.2, 0.25) is 5.95 Å². The summed E-state index contributed by atoms with van der Waals surface area (Å²) in [5, 5.41) is 0. The van der Waals surface area contributed by atoms with Crippen molar-refractivity contribution in [1.82, 2.24) is 19.1 Å². The van der Waals surface area contributed by atoms with Gasteiger partial charge in [0.1, 0.15) is 0 Å². The van der Waals surface area contributed by atoms with Gasteiger partial charge in [0.05, 0.1) is 6.54 Å². The van der Waals surface area contributed by atoms with Crippen LogP contribution in [-0.4, -0.2) is 19.1 Å². The average Bonchev–Trinajstić information content (AvgIpc) is 2.86. The molecule has 4 N–H and O–H groups in total. The lowest BCUT2D eigenvalue weighted by molar-refractivity contribution is 0.805. The Morgan fingerprint density at radius 1 is 1.32 bits per heavy atom. The maximum atomic E-state index is 12.2. The molecule has 0 radical (unpaired) electrons. The van der Waals surface area contributed by atoms with Crippen molar-refractivity contribution in [1.29, 1.82) is 0 Å². The monoisotopic (exact) mass is 300 g/mol. The number of aromatic amines is 1. The van der Waals surface area contributed by atoms with Crippen LogP contribution >= 0.6 is 0 Å². The van der Waals surface area contributed by atoms with Crippen molar-refractivity contribution in [2.24, 2.45) is 12.9 Å². The molecule has 8 nitrogen and oxygen atoms in total. The Labute approximate surface area is 125 Å². The van der Waals surface area contributed by atoms with E-state index in [1.165, 1.54) is 4.57 Å². The molecule has 0 aliphatic rings. The third-order valence-electron chi connectivity index (χ3n) is 3.73. The number of H-pyrrole nitrogens is 1. The summed E-state index contributed by atoms with van der Waals surface area (Å²) in [6.07, 6.45) is 0. The number of imidazole rings is 1. The number of benzene rings is 1. The number of anilines is 1. The van der Waals surface area contributed by atoms with Gasteiger partial charge in [-0.15, -0.1) is 0 Å². The summed E-state index contributed by atoms with van der Waals surface area (Å²) in [5.74, 6) is 5.84. The number of hydrazine groups is 1. The highest BCUT2D eigenvalue weighted by molar-refractivity contribution is 5.74. The second-order valence-corrected chi connectivity index (χ2v) is 5.08. The van der Waals surface area contributed by atoms with Crippen LogP contribution in [-0.2, 0) is 13.6 Å². The highest BCUT2D eigenvalue weighted by atomic mass is 16.2. The molecular formula is C14H16N6O2. The normalized spacial score (nSPS) is 11.0. The van der Waals surface area contributed by atoms with Crippen molar-refractivity contribution >= 4 is 17.1 Å². The number of nitrogens with two attached hydrogens (primary N) is 1. The van der Waals surface area contributed by atoms with Crippen molar-refractivity contribution in [3.63, 3.8) is 0 Å². The SMILES string of the molecule is Cc1ccccc1Cn1c(NN)nc2c1c(=O)[nH]c(=O)n2C. The van der Waals surface area contributed by atoms with E-state index in [9.17, 15) is 9.59 Å². The van der Waals surface area contributed by atoms with E-state index in [1.54, 1.807) is 11.6 Å². The maximum Gasteiger partial charge on any atom is 0.329 e. The molecule has 2 aromatic heterocycles. The van der Waals surface area contributed by atoms with Crippen LogP contribution in [0.5, 0.6) is 0 Å². The van der Waals surface area contributed by atoms with Gasteiger partial charge in [0.25, 0.3) is 5.56 Å². The zero-order chi connectivity index (χ0) is 15.9. The smallest absolute Gasteiger partial charge is 0.299 e. The molecule has 0 atom stereocenters. The molecule has 114 valence electrons. The van der Waals surface area contributed by atoms with Crippen molar-refractivity contribution in [3.8, 4) is 0 Å². The summed E-state index contributed by atoms with van der Waals surface area (Å²) >= 11 is 0. The van der Waals surface area contributed by atoms with E-state index in [2.05, 4.69) is 15.4 Å². The number of hydrogen-bond acceptors (Lipinski definition) is 5. The molecule has 2 heterocycles. The van der Waals surface area contributed by atoms with Crippen LogP contribution in [0, 0.1) is 6.92 Å². The Morgan fingerprint density at radius 2 is 2.05 bits per heavy atom. The average molecular weight is 300 g/mol. The molecule has 22 heavy (non-hydrogen) atoms. The lowest BCUT2D eigenvalue weighted by Crippen LogP contribution is -2.29. The van der Waals surface area contributed by atoms with Crippen LogP contribution in [0.3, 0.4) is 0 Å². The molecular weight excluding hydrogens is 284 g/mol. The van der Waals surface area contributed by atoms with E-state index in [0.29, 0.717) is 18.0 Å². The number of rotatable bonds is 3. The van der Waals surface area contributed by atoms with E-state index in [1.807, 2.05) is 31.2 Å². The van der Waals surface area contributed by atoms with Gasteiger partial charge in [-0.05, 0) is 18.1 Å². The van der Waals surface area contributed by atoms with Gasteiger partial charge in [-0.3, -0.25) is 24.3 Å². The lowest BCUT2D eigenvalue weighted by atomic mass is 10.1. The summed E-state index contributed by atoms with van der Waals surface area (Å²) in [5.41, 5.74) is 4.20. The summed E-state index contributed by atoms with van der Waals surface area (Å²) in [7, 11) is 1.55. The first-order valence-corrected chi connectivity index (χ1v) is 6.73. The first kappa shape index (κ1) is 14.1. The van der Waals surface area contributed by atoms with Crippen molar-refractivity contribution in [2.45, 2.75) is 13.5 Å². The Morgan fingerprint density at radius 3 is 2.73 bits per heavy atom. The Balaban J connectivity index is 2.29. The van der Waals surface area contributed by atoms with Crippen LogP contribution < -0.4 is 22.5 Å². The molecule has 0 spiro atoms. The molecule has 3 rings (SSSR count). The van der Waals surface area contributed by atoms with Crippen LogP contribution in [0.15, 0.2) is 33.9 Å². The fourth-order valence-electron chi connectivity index (χ4n) is 2.46. The molecule has 0 bridgehead atoms. The van der Waals surface area contributed by atoms with Crippen molar-refractivity contribution < 1.29 is 0 Å². The van der Waals surface area contributed by atoms with Gasteiger partial charge in [0, 0.05) is 7.05 Å². The quantitative estimate of drug-likeness (QED) is 0.468. The molecule has 1 aromatic carbocycles. The fraction of sp³-hybridized carbons (Fsp3) is 0.214. The zero-order valence-electron chi connectivity index (χ0n) is 12.3. The predicted molar refractivity (Wildman–Crippen MR) is 83.7 cm³/mol. The molecule has 0 amide bonds. The number of aryl methyl sites for hydroxylation is 2. The van der Waals surface area contributed by atoms with Crippen LogP contribution in [0.25, 0.3) is 11.2 Å². The van der Waals surface area contributed by atoms with Crippen LogP contribution in [0.1, 0.15) is 11.1 Å². The number of fused-ring (bicyclic) bond motifs is 1. The van der Waals surface area contributed by atoms with Gasteiger partial charge in [0.15, 0.2) is 11.2 Å². The Kier molecular flexibility index (Phi) is 3.30. The summed E-state index contributed by atoms with van der Waals surface area (Å²) in [6, 6.07) is 7.84. The lowest BCUT2D eigenvalue weighted by Gasteiger charge is -2.10. The zero-order valence-corrected chi connectivity index (χ0v) is 12.3. The standard InChI is InChI=1S/C14H16N6O2/c1-8-5-3-4-6-9(8)7-20-10-11(16-13(20)18-15)19(2)14(22)17-12(10)21/h3-6H,7,15H2,1-2H3,(H,16,18)(H,17,21,22). The molecule has 0 saturated heterocycles. The molecule has 0 aliphatic heterocycles. The molecule has 8 heteroatoms. The minimum absolute atomic E-state index is 0.287. The third-order valence-corrected chi connectivity index (χ3v) is 3.73. The van der Waals surface area contributed by atoms with E-state index < -0.39 is 11.2 Å². The van der Waals surface area contributed by atoms with Gasteiger partial charge in [-0.25, -0.2) is 10.6 Å². The first-order valence-electron chi connectivity index (χ1n) is 6.73. The van der Waals surface area contributed by atoms with Crippen molar-refractivity contribution in [2.75, 3.05) is 5.43 Å². The highest BCUT2D eigenvalue weighted by Crippen LogP contribution is 2.18. The fourth-order valence-corrected chi connectivity index (χ4v) is 2.46. The minimum Gasteiger partial charge on any atom is -0.299 e. The van der Waals surface area contributed by atoms with Crippen LogP contribution in [0.4, 0.5) is 5.95 Å². The number of nitrogen functional groups attached to an aromatic ring is 1. The van der Waals surface area contributed by atoms with E-state index in [4.69, 9.17) is 5.84 Å². The number of aromatic nitrogens is 4. The molecule has 0 aliphatic carbocycles. The largest absolute Gasteiger partial charge is 0.329 e. The number of hydrogen-bond donors (Lipinski definition) is 3. The van der Waals surface area contributed by atoms with E-state index in [-0.39, 0.29) is 5.65 Å². The molecule has 3 aromatic rings. The second-order valence-electron chi connectivity index (χ2n) is 5.08. The topological polar surface area (TPSA) is 111 Å². The van der Waals surface area contributed by atoms with E-state index >= 15 is 0 Å². The van der Waals surface area contributed by atoms with Gasteiger partial charge >= 0.3 is 5.69 Å². The minimum atomic E-state index is -0.512. The predicted octanol–water partition coefficient (Wildman–Crippen LogP) is 0.0656. The first-order chi connectivity index (χ1) is 10.5. The second kappa shape index (κ2) is 5.15. The summed E-state index contributed by atoms with van der Waals surface area (Å²) < 4.78 is 2.95. The van der Waals surface area contributed by atoms with Gasteiger partial charge in [-0.1, -0.05) is 24.3 Å². The summed E-state index contributed by atoms with van der Waals surface area (Å²) in [6.45, 7) is 2.41. The molecule has 0 saturated carbocycles. The molecule has 0 fully saturated rings. The Bertz CT molecular complexity index is 966. The Hall–Kier alpha value is -2.87. The number of nitrogens with one attached hydrogen (secondary N) is 2.